The highest BCUT2D eigenvalue weighted by Gasteiger charge is 2.41. The van der Waals surface area contributed by atoms with Gasteiger partial charge in [0.2, 0.25) is 59.1 Å². The van der Waals surface area contributed by atoms with E-state index in [1.54, 1.807) is 44.2 Å². The van der Waals surface area contributed by atoms with Crippen LogP contribution in [0.3, 0.4) is 0 Å². The van der Waals surface area contributed by atoms with Gasteiger partial charge in [0.1, 0.15) is 42.3 Å². The first kappa shape index (κ1) is 56.9. The molecule has 2 rings (SSSR count). The smallest absolute Gasteiger partial charge is 0.326 e. The highest BCUT2D eigenvalue weighted by molar-refractivity contribution is 5.98. The van der Waals surface area contributed by atoms with Crippen molar-refractivity contribution in [3.8, 4) is 0 Å². The largest absolute Gasteiger partial charge is 0.481 e. The monoisotopic (exact) mass is 959 g/mol. The van der Waals surface area contributed by atoms with Crippen molar-refractivity contribution in [1.82, 2.24) is 36.8 Å². The lowest BCUT2D eigenvalue weighted by Gasteiger charge is -2.32. The van der Waals surface area contributed by atoms with Crippen molar-refractivity contribution >= 4 is 71.0 Å². The van der Waals surface area contributed by atoms with E-state index >= 15 is 0 Å². The lowest BCUT2D eigenvalue weighted by atomic mass is 9.97. The van der Waals surface area contributed by atoms with Crippen LogP contribution in [0.2, 0.25) is 0 Å². The van der Waals surface area contributed by atoms with Gasteiger partial charge in [0.15, 0.2) is 0 Å². The number of likely N-dealkylation sites (tertiary alicyclic amines) is 1. The Kier molecular flexibility index (Phi) is 23.0. The van der Waals surface area contributed by atoms with Crippen molar-refractivity contribution < 1.29 is 67.7 Å². The molecule has 0 aliphatic carbocycles. The fraction of sp³-hybridized carbons (Fsp3) is 0.581. The number of carbonyl (C=O) groups excluding carboxylic acids is 10. The molecule has 25 nitrogen and oxygen atoms in total. The van der Waals surface area contributed by atoms with Gasteiger partial charge in [-0.15, -0.1) is 0 Å². The maximum Gasteiger partial charge on any atom is 0.326 e. The lowest BCUT2D eigenvalue weighted by molar-refractivity contribution is -0.144. The zero-order valence-electron chi connectivity index (χ0n) is 38.5. The summed E-state index contributed by atoms with van der Waals surface area (Å²) in [5.41, 5.74) is 22.0. The molecular formula is C43H65N11O14. The molecule has 1 aromatic rings. The van der Waals surface area contributed by atoms with Gasteiger partial charge in [-0.2, -0.15) is 0 Å². The summed E-state index contributed by atoms with van der Waals surface area (Å²) in [7, 11) is 0. The van der Waals surface area contributed by atoms with E-state index in [9.17, 15) is 67.7 Å². The van der Waals surface area contributed by atoms with E-state index in [0.717, 1.165) is 4.90 Å². The Morgan fingerprint density at radius 3 is 1.74 bits per heavy atom. The molecule has 1 fully saturated rings. The minimum Gasteiger partial charge on any atom is -0.481 e. The van der Waals surface area contributed by atoms with Crippen LogP contribution in [-0.4, -0.2) is 141 Å². The molecule has 9 atom stereocenters. The Morgan fingerprint density at radius 1 is 0.647 bits per heavy atom. The molecule has 1 aliphatic rings. The molecule has 25 heteroatoms. The molecule has 68 heavy (non-hydrogen) atoms. The Balaban J connectivity index is 2.45. The van der Waals surface area contributed by atoms with Gasteiger partial charge < -0.3 is 69.9 Å². The summed E-state index contributed by atoms with van der Waals surface area (Å²) in [4.78, 5) is 155. The molecule has 0 spiro atoms. The van der Waals surface area contributed by atoms with Crippen molar-refractivity contribution in [2.45, 2.75) is 140 Å². The lowest BCUT2D eigenvalue weighted by Crippen LogP contribution is -2.61. The number of aliphatic carboxylic acids is 2. The molecule has 1 heterocycles. The number of nitrogens with zero attached hydrogens (tertiary/aromatic N) is 1. The maximum absolute atomic E-state index is 14.2. The summed E-state index contributed by atoms with van der Waals surface area (Å²) in [6.07, 6.45) is -2.57. The van der Waals surface area contributed by atoms with E-state index in [-0.39, 0.29) is 32.2 Å². The van der Waals surface area contributed by atoms with Gasteiger partial charge in [-0.05, 0) is 43.1 Å². The molecule has 16 N–H and O–H groups in total. The topological polar surface area (TPSA) is 425 Å². The average Bonchev–Trinajstić information content (AvgIpc) is 3.76. The minimum absolute atomic E-state index is 0.0187. The summed E-state index contributed by atoms with van der Waals surface area (Å²) in [5.74, 6) is -13.2. The van der Waals surface area contributed by atoms with Crippen LogP contribution in [0.5, 0.6) is 0 Å². The Hall–Kier alpha value is -7.18. The van der Waals surface area contributed by atoms with Gasteiger partial charge in [0.25, 0.3) is 0 Å². The number of hydrogen-bond donors (Lipinski definition) is 12. The van der Waals surface area contributed by atoms with Crippen LogP contribution < -0.4 is 54.8 Å². The SMILES string of the molecule is CCC(C)C(NC(=O)C(N)CC(N)=O)C(=O)NC(CCC(=O)O)C(=O)N1CCCC1C(=O)NC(Cc1ccccc1)C(=O)NC(CCC(N)=O)C(=O)NC(C(=O)NC(CC(N)=O)C(=O)O)C(C)C. The zero-order valence-corrected chi connectivity index (χ0v) is 38.5. The van der Waals surface area contributed by atoms with E-state index in [4.69, 9.17) is 22.9 Å². The molecule has 9 unspecified atom stereocenters. The van der Waals surface area contributed by atoms with Crippen LogP contribution in [-0.2, 0) is 64.0 Å². The van der Waals surface area contributed by atoms with Crippen molar-refractivity contribution in [1.29, 1.82) is 0 Å². The molecule has 1 saturated heterocycles. The van der Waals surface area contributed by atoms with Crippen molar-refractivity contribution in [2.75, 3.05) is 6.54 Å². The maximum atomic E-state index is 14.2. The average molecular weight is 960 g/mol. The van der Waals surface area contributed by atoms with Crippen LogP contribution in [0.4, 0.5) is 0 Å². The number of amides is 10. The first-order chi connectivity index (χ1) is 31.9. The molecule has 1 aliphatic heterocycles. The summed E-state index contributed by atoms with van der Waals surface area (Å²) >= 11 is 0. The summed E-state index contributed by atoms with van der Waals surface area (Å²) in [6, 6.07) is -3.28. The fourth-order valence-electron chi connectivity index (χ4n) is 7.17. The van der Waals surface area contributed by atoms with Gasteiger partial charge in [0.05, 0.1) is 18.9 Å². The first-order valence-electron chi connectivity index (χ1n) is 22.1. The summed E-state index contributed by atoms with van der Waals surface area (Å²) in [6.45, 7) is 6.37. The van der Waals surface area contributed by atoms with Crippen LogP contribution in [0.15, 0.2) is 30.3 Å². The third kappa shape index (κ3) is 18.6. The summed E-state index contributed by atoms with van der Waals surface area (Å²) < 4.78 is 0. The van der Waals surface area contributed by atoms with Crippen molar-refractivity contribution in [2.24, 2.45) is 34.8 Å². The molecule has 0 saturated carbocycles. The normalized spacial score (nSPS) is 16.8. The number of benzene rings is 1. The number of primary amides is 3. The van der Waals surface area contributed by atoms with Gasteiger partial charge in [-0.3, -0.25) is 52.7 Å². The number of rotatable bonds is 29. The van der Waals surface area contributed by atoms with E-state index in [2.05, 4.69) is 31.9 Å². The fourth-order valence-corrected chi connectivity index (χ4v) is 7.17. The molecule has 0 bridgehead atoms. The van der Waals surface area contributed by atoms with Crippen LogP contribution in [0, 0.1) is 11.8 Å². The molecule has 0 aromatic heterocycles. The minimum atomic E-state index is -1.73. The van der Waals surface area contributed by atoms with E-state index in [0.29, 0.717) is 12.0 Å². The van der Waals surface area contributed by atoms with Gasteiger partial charge in [-0.1, -0.05) is 64.4 Å². The van der Waals surface area contributed by atoms with Crippen LogP contribution in [0.1, 0.15) is 91.0 Å². The van der Waals surface area contributed by atoms with E-state index in [1.807, 2.05) is 0 Å². The quantitative estimate of drug-likeness (QED) is 0.0366. The van der Waals surface area contributed by atoms with Gasteiger partial charge in [0, 0.05) is 25.8 Å². The Labute approximate surface area is 392 Å². The third-order valence-corrected chi connectivity index (χ3v) is 11.1. The Morgan fingerprint density at radius 2 is 1.19 bits per heavy atom. The first-order valence-corrected chi connectivity index (χ1v) is 22.1. The van der Waals surface area contributed by atoms with Crippen molar-refractivity contribution in [3.63, 3.8) is 0 Å². The number of nitrogens with one attached hydrogen (secondary N) is 6. The molecule has 376 valence electrons. The molecule has 0 radical (unpaired) electrons. The van der Waals surface area contributed by atoms with Gasteiger partial charge >= 0.3 is 11.9 Å². The number of carbonyl (C=O) groups is 12. The second kappa shape index (κ2) is 27.5. The number of nitrogens with two attached hydrogens (primary N) is 4. The Bertz CT molecular complexity index is 2020. The second-order valence-corrected chi connectivity index (χ2v) is 16.9. The number of carboxylic acid groups (broad SMARTS) is 2. The van der Waals surface area contributed by atoms with Crippen LogP contribution in [0.25, 0.3) is 0 Å². The molecule has 10 amide bonds. The highest BCUT2D eigenvalue weighted by atomic mass is 16.4. The molecular weight excluding hydrogens is 895 g/mol. The predicted molar refractivity (Wildman–Crippen MR) is 239 cm³/mol. The highest BCUT2D eigenvalue weighted by Crippen LogP contribution is 2.21. The van der Waals surface area contributed by atoms with Crippen molar-refractivity contribution in [3.05, 3.63) is 35.9 Å². The zero-order chi connectivity index (χ0) is 51.4. The third-order valence-electron chi connectivity index (χ3n) is 11.1. The number of hydrogen-bond acceptors (Lipinski definition) is 13. The second-order valence-electron chi connectivity index (χ2n) is 16.9. The van der Waals surface area contributed by atoms with E-state index in [1.165, 1.54) is 13.8 Å². The number of carboxylic acids is 2. The van der Waals surface area contributed by atoms with Crippen LogP contribution >= 0.6 is 0 Å². The predicted octanol–water partition coefficient (Wildman–Crippen LogP) is -3.88. The molecule has 1 aromatic carbocycles. The van der Waals surface area contributed by atoms with Gasteiger partial charge in [-0.25, -0.2) is 4.79 Å². The summed E-state index contributed by atoms with van der Waals surface area (Å²) in [5, 5.41) is 33.8. The standard InChI is InChI=1S/C43H65N11O14/c1-5-22(4)35(53-36(60)24(44)19-31(46)56)41(65)49-26(14-16-33(58)59)42(66)54-17-9-12-29(54)39(63)50-27(18-23-10-7-6-8-11-23)38(62)48-25(13-15-30(45)55)37(61)52-34(21(2)3)40(64)51-28(43(67)68)20-32(47)57/h6-8,10-11,21-22,24-29,34-35H,5,9,12-20,44H2,1-4H3,(H2,45,55)(H2,46,56)(H2,47,57)(H,48,62)(H,49,65)(H,50,63)(H,51,64)(H,52,61)(H,53,60)(H,58,59)(H,67,68). The van der Waals surface area contributed by atoms with E-state index < -0.39 is 163 Å².